The van der Waals surface area contributed by atoms with Gasteiger partial charge in [-0.05, 0) is 48.3 Å². The fourth-order valence-electron chi connectivity index (χ4n) is 1.96. The molecule has 21 heavy (non-hydrogen) atoms. The van der Waals surface area contributed by atoms with E-state index in [1.807, 2.05) is 27.1 Å². The fourth-order valence-corrected chi connectivity index (χ4v) is 2.99. The van der Waals surface area contributed by atoms with Gasteiger partial charge < -0.3 is 9.64 Å². The Bertz CT molecular complexity index is 602. The molecule has 2 rings (SSSR count). The SMILES string of the molecule is CCOC(C)c1nc(CN(C)c2cc(C)c(Br)cn2)cs1. The van der Waals surface area contributed by atoms with Crippen LogP contribution in [0.5, 0.6) is 0 Å². The monoisotopic (exact) mass is 369 g/mol. The molecule has 1 unspecified atom stereocenters. The molecule has 0 bridgehead atoms. The van der Waals surface area contributed by atoms with Gasteiger partial charge in [-0.25, -0.2) is 9.97 Å². The number of halogens is 1. The Morgan fingerprint density at radius 2 is 2.24 bits per heavy atom. The molecule has 2 heterocycles. The number of pyridine rings is 1. The average molecular weight is 370 g/mol. The molecule has 2 aromatic rings. The molecular weight excluding hydrogens is 350 g/mol. The summed E-state index contributed by atoms with van der Waals surface area (Å²) in [6, 6.07) is 2.07. The van der Waals surface area contributed by atoms with E-state index in [1.165, 1.54) is 5.56 Å². The lowest BCUT2D eigenvalue weighted by Gasteiger charge is -2.17. The molecule has 0 aliphatic rings. The first-order valence-corrected chi connectivity index (χ1v) is 8.57. The maximum absolute atomic E-state index is 5.58. The average Bonchev–Trinajstić information content (AvgIpc) is 2.90. The lowest BCUT2D eigenvalue weighted by molar-refractivity contribution is 0.0761. The van der Waals surface area contributed by atoms with E-state index in [0.29, 0.717) is 6.61 Å². The highest BCUT2D eigenvalue weighted by atomic mass is 79.9. The summed E-state index contributed by atoms with van der Waals surface area (Å²) < 4.78 is 6.61. The van der Waals surface area contributed by atoms with Crippen LogP contribution in [-0.2, 0) is 11.3 Å². The Morgan fingerprint density at radius 3 is 2.90 bits per heavy atom. The zero-order valence-corrected chi connectivity index (χ0v) is 15.2. The molecule has 0 aromatic carbocycles. The van der Waals surface area contributed by atoms with Crippen molar-refractivity contribution in [3.63, 3.8) is 0 Å². The molecule has 0 saturated heterocycles. The van der Waals surface area contributed by atoms with Crippen molar-refractivity contribution in [2.45, 2.75) is 33.4 Å². The Balaban J connectivity index is 2.05. The molecule has 0 saturated carbocycles. The van der Waals surface area contributed by atoms with E-state index in [-0.39, 0.29) is 6.10 Å². The number of aryl methyl sites for hydroxylation is 1. The number of aromatic nitrogens is 2. The molecule has 6 heteroatoms. The second-order valence-corrected chi connectivity index (χ2v) is 6.67. The number of anilines is 1. The van der Waals surface area contributed by atoms with Gasteiger partial charge in [-0.2, -0.15) is 0 Å². The molecule has 0 amide bonds. The molecule has 1 atom stereocenters. The van der Waals surface area contributed by atoms with Crippen molar-refractivity contribution in [2.75, 3.05) is 18.6 Å². The highest BCUT2D eigenvalue weighted by molar-refractivity contribution is 9.10. The number of nitrogens with zero attached hydrogens (tertiary/aromatic N) is 3. The Hall–Kier alpha value is -0.980. The topological polar surface area (TPSA) is 38.2 Å². The molecule has 0 aliphatic carbocycles. The van der Waals surface area contributed by atoms with Crippen molar-refractivity contribution in [1.82, 2.24) is 9.97 Å². The quantitative estimate of drug-likeness (QED) is 0.758. The molecule has 2 aromatic heterocycles. The van der Waals surface area contributed by atoms with Gasteiger partial charge in [0.05, 0.1) is 12.2 Å². The third-order valence-corrected chi connectivity index (χ3v) is 5.04. The summed E-state index contributed by atoms with van der Waals surface area (Å²) in [6.45, 7) is 7.55. The van der Waals surface area contributed by atoms with E-state index in [9.17, 15) is 0 Å². The van der Waals surface area contributed by atoms with Crippen LogP contribution in [0.3, 0.4) is 0 Å². The first-order chi connectivity index (χ1) is 10.0. The van der Waals surface area contributed by atoms with E-state index in [0.717, 1.165) is 27.5 Å². The molecule has 114 valence electrons. The van der Waals surface area contributed by atoms with E-state index in [1.54, 1.807) is 11.3 Å². The smallest absolute Gasteiger partial charge is 0.128 e. The van der Waals surface area contributed by atoms with Crippen molar-refractivity contribution in [3.8, 4) is 0 Å². The molecule has 4 nitrogen and oxygen atoms in total. The largest absolute Gasteiger partial charge is 0.372 e. The van der Waals surface area contributed by atoms with Crippen molar-refractivity contribution in [2.24, 2.45) is 0 Å². The van der Waals surface area contributed by atoms with Gasteiger partial charge in [0.1, 0.15) is 16.9 Å². The van der Waals surface area contributed by atoms with Crippen LogP contribution in [0.2, 0.25) is 0 Å². The Kier molecular flexibility index (Phi) is 5.72. The van der Waals surface area contributed by atoms with Crippen molar-refractivity contribution in [1.29, 1.82) is 0 Å². The van der Waals surface area contributed by atoms with Gasteiger partial charge in [0.25, 0.3) is 0 Å². The molecule has 0 N–H and O–H groups in total. The summed E-state index contributed by atoms with van der Waals surface area (Å²) in [6.07, 6.45) is 1.90. The minimum absolute atomic E-state index is 0.0621. The second-order valence-electron chi connectivity index (χ2n) is 4.92. The lowest BCUT2D eigenvalue weighted by Crippen LogP contribution is -2.18. The highest BCUT2D eigenvalue weighted by Crippen LogP contribution is 2.23. The van der Waals surface area contributed by atoms with Crippen molar-refractivity contribution in [3.05, 3.63) is 38.4 Å². The van der Waals surface area contributed by atoms with E-state index in [2.05, 4.69) is 49.2 Å². The number of rotatable bonds is 6. The number of thiazole rings is 1. The summed E-state index contributed by atoms with van der Waals surface area (Å²) in [4.78, 5) is 11.2. The molecule has 0 aliphatic heterocycles. The molecular formula is C15H20BrN3OS. The van der Waals surface area contributed by atoms with E-state index < -0.39 is 0 Å². The number of hydrogen-bond donors (Lipinski definition) is 0. The first-order valence-electron chi connectivity index (χ1n) is 6.90. The third kappa shape index (κ3) is 4.25. The van der Waals surface area contributed by atoms with Gasteiger partial charge in [0.15, 0.2) is 0 Å². The number of hydrogen-bond acceptors (Lipinski definition) is 5. The van der Waals surface area contributed by atoms with Crippen molar-refractivity contribution < 1.29 is 4.74 Å². The van der Waals surface area contributed by atoms with Gasteiger partial charge in [-0.1, -0.05) is 0 Å². The molecule has 0 radical (unpaired) electrons. The minimum atomic E-state index is 0.0621. The minimum Gasteiger partial charge on any atom is -0.372 e. The van der Waals surface area contributed by atoms with Crippen LogP contribution in [0.4, 0.5) is 5.82 Å². The summed E-state index contributed by atoms with van der Waals surface area (Å²) in [7, 11) is 2.03. The van der Waals surface area contributed by atoms with Crippen LogP contribution in [0.25, 0.3) is 0 Å². The van der Waals surface area contributed by atoms with Crippen LogP contribution < -0.4 is 4.90 Å². The molecule has 0 spiro atoms. The predicted molar refractivity (Wildman–Crippen MR) is 90.9 cm³/mol. The Morgan fingerprint density at radius 1 is 1.48 bits per heavy atom. The zero-order chi connectivity index (χ0) is 15.4. The second kappa shape index (κ2) is 7.33. The lowest BCUT2D eigenvalue weighted by atomic mass is 10.3. The third-order valence-electron chi connectivity index (χ3n) is 3.16. The van der Waals surface area contributed by atoms with Crippen LogP contribution in [-0.4, -0.2) is 23.6 Å². The summed E-state index contributed by atoms with van der Waals surface area (Å²) in [5, 5.41) is 3.12. The van der Waals surface area contributed by atoms with Crippen molar-refractivity contribution >= 4 is 33.1 Å². The molecule has 0 fully saturated rings. The van der Waals surface area contributed by atoms with Crippen LogP contribution in [0, 0.1) is 6.92 Å². The van der Waals surface area contributed by atoms with Gasteiger partial charge >= 0.3 is 0 Å². The normalized spacial score (nSPS) is 12.4. The van der Waals surface area contributed by atoms with Gasteiger partial charge in [0, 0.05) is 29.7 Å². The van der Waals surface area contributed by atoms with Gasteiger partial charge in [-0.3, -0.25) is 0 Å². The summed E-state index contributed by atoms with van der Waals surface area (Å²) in [5.41, 5.74) is 2.22. The van der Waals surface area contributed by atoms with Crippen LogP contribution >= 0.6 is 27.3 Å². The van der Waals surface area contributed by atoms with Crippen LogP contribution in [0.1, 0.15) is 36.2 Å². The predicted octanol–water partition coefficient (Wildman–Crippen LogP) is 4.34. The fraction of sp³-hybridized carbons (Fsp3) is 0.467. The maximum atomic E-state index is 5.58. The van der Waals surface area contributed by atoms with E-state index >= 15 is 0 Å². The maximum Gasteiger partial charge on any atom is 0.128 e. The first kappa shape index (κ1) is 16.4. The summed E-state index contributed by atoms with van der Waals surface area (Å²) >= 11 is 5.12. The van der Waals surface area contributed by atoms with Gasteiger partial charge in [0.2, 0.25) is 0 Å². The zero-order valence-electron chi connectivity index (χ0n) is 12.8. The summed E-state index contributed by atoms with van der Waals surface area (Å²) in [5.74, 6) is 0.947. The van der Waals surface area contributed by atoms with Crippen LogP contribution in [0.15, 0.2) is 22.1 Å². The van der Waals surface area contributed by atoms with Gasteiger partial charge in [-0.15, -0.1) is 11.3 Å². The Labute approximate surface area is 138 Å². The van der Waals surface area contributed by atoms with E-state index in [4.69, 9.17) is 4.74 Å². The highest BCUT2D eigenvalue weighted by Gasteiger charge is 2.12. The standard InChI is InChI=1S/C15H20BrN3OS/c1-5-20-11(3)15-18-12(9-21-15)8-19(4)14-6-10(2)13(16)7-17-14/h6-7,9,11H,5,8H2,1-4H3. The number of ether oxygens (including phenoxy) is 1.